The van der Waals surface area contributed by atoms with E-state index in [1.54, 1.807) is 14.2 Å². The average molecular weight is 469 g/mol. The summed E-state index contributed by atoms with van der Waals surface area (Å²) in [4.78, 5) is 18.6. The molecule has 1 aliphatic rings. The lowest BCUT2D eigenvalue weighted by Gasteiger charge is -2.31. The lowest BCUT2D eigenvalue weighted by Crippen LogP contribution is -2.31. The molecule has 0 bridgehead atoms. The highest BCUT2D eigenvalue weighted by Crippen LogP contribution is 2.41. The number of fused-ring (bicyclic) bond motifs is 3. The molecule has 0 saturated carbocycles. The summed E-state index contributed by atoms with van der Waals surface area (Å²) in [6.07, 6.45) is 0. The summed E-state index contributed by atoms with van der Waals surface area (Å²) < 4.78 is 13.1. The molecule has 3 aromatic carbocycles. The summed E-state index contributed by atoms with van der Waals surface area (Å²) in [7, 11) is 3.22. The van der Waals surface area contributed by atoms with Crippen molar-refractivity contribution in [1.29, 1.82) is 0 Å². The smallest absolute Gasteiger partial charge is 0.255 e. The number of hydrogen-bond acceptors (Lipinski definition) is 5. The predicted molar refractivity (Wildman–Crippen MR) is 138 cm³/mol. The van der Waals surface area contributed by atoms with Gasteiger partial charge < -0.3 is 20.1 Å². The monoisotopic (exact) mass is 468 g/mol. The molecule has 0 saturated heterocycles. The average Bonchev–Trinajstić information content (AvgIpc) is 3.22. The summed E-state index contributed by atoms with van der Waals surface area (Å²) in [6, 6.07) is 19.2. The van der Waals surface area contributed by atoms with Crippen LogP contribution in [0.3, 0.4) is 0 Å². The van der Waals surface area contributed by atoms with Crippen molar-refractivity contribution in [2.75, 3.05) is 24.9 Å². The molecule has 1 amide bonds. The Balaban J connectivity index is 1.68. The second-order valence-corrected chi connectivity index (χ2v) is 8.75. The second-order valence-electron chi connectivity index (χ2n) is 8.75. The lowest BCUT2D eigenvalue weighted by molar-refractivity contribution is -0.113. The van der Waals surface area contributed by atoms with Gasteiger partial charge in [-0.25, -0.2) is 4.98 Å². The standard InChI is InChI=1S/C28H28N4O3/c1-16-10-12-20(17(2)14-16)30-27(33)25-18(3)29-28-31-21-8-6-7-9-22(21)32(28)26(25)19-11-13-23(34-4)24(15-19)35-5/h6-15,26H,1-5H3,(H,29,31)(H,30,33)/t26-/m1/s1. The van der Waals surface area contributed by atoms with E-state index in [1.807, 2.05) is 75.4 Å². The Morgan fingerprint density at radius 2 is 1.74 bits per heavy atom. The van der Waals surface area contributed by atoms with Crippen LogP contribution in [0, 0.1) is 13.8 Å². The lowest BCUT2D eigenvalue weighted by atomic mass is 9.93. The van der Waals surface area contributed by atoms with Crippen LogP contribution in [0.4, 0.5) is 11.6 Å². The number of imidazole rings is 1. The minimum atomic E-state index is -0.427. The van der Waals surface area contributed by atoms with E-state index in [4.69, 9.17) is 14.5 Å². The van der Waals surface area contributed by atoms with E-state index in [1.165, 1.54) is 0 Å². The number of hydrogen-bond donors (Lipinski definition) is 2. The van der Waals surface area contributed by atoms with Gasteiger partial charge in [0, 0.05) is 11.4 Å². The zero-order chi connectivity index (χ0) is 24.7. The third-order valence-electron chi connectivity index (χ3n) is 6.43. The number of carbonyl (C=O) groups excluding carboxylic acids is 1. The Morgan fingerprint density at radius 1 is 0.971 bits per heavy atom. The van der Waals surface area contributed by atoms with Gasteiger partial charge in [0.05, 0.1) is 36.9 Å². The Hall–Kier alpha value is -4.26. The van der Waals surface area contributed by atoms with E-state index < -0.39 is 6.04 Å². The first-order valence-corrected chi connectivity index (χ1v) is 11.5. The predicted octanol–water partition coefficient (Wildman–Crippen LogP) is 5.60. The zero-order valence-corrected chi connectivity index (χ0v) is 20.5. The number of anilines is 2. The van der Waals surface area contributed by atoms with Crippen LogP contribution < -0.4 is 20.1 Å². The summed E-state index contributed by atoms with van der Waals surface area (Å²) in [6.45, 7) is 5.94. The van der Waals surface area contributed by atoms with E-state index in [9.17, 15) is 4.79 Å². The van der Waals surface area contributed by atoms with Gasteiger partial charge in [0.1, 0.15) is 0 Å². The number of amides is 1. The van der Waals surface area contributed by atoms with Gasteiger partial charge in [0.15, 0.2) is 11.5 Å². The van der Waals surface area contributed by atoms with Gasteiger partial charge >= 0.3 is 0 Å². The number of aromatic nitrogens is 2. The molecule has 178 valence electrons. The van der Waals surface area contributed by atoms with Crippen molar-refractivity contribution in [1.82, 2.24) is 9.55 Å². The van der Waals surface area contributed by atoms with Crippen molar-refractivity contribution in [3.63, 3.8) is 0 Å². The van der Waals surface area contributed by atoms with Crippen molar-refractivity contribution >= 4 is 28.6 Å². The Morgan fingerprint density at radius 3 is 2.49 bits per heavy atom. The van der Waals surface area contributed by atoms with E-state index >= 15 is 0 Å². The van der Waals surface area contributed by atoms with Gasteiger partial charge in [-0.05, 0) is 62.2 Å². The molecule has 1 aromatic heterocycles. The van der Waals surface area contributed by atoms with Gasteiger partial charge in [-0.1, -0.05) is 35.9 Å². The highest BCUT2D eigenvalue weighted by molar-refractivity contribution is 6.06. The molecule has 2 heterocycles. The number of benzene rings is 3. The zero-order valence-electron chi connectivity index (χ0n) is 20.5. The van der Waals surface area contributed by atoms with Crippen molar-refractivity contribution in [3.8, 4) is 11.5 Å². The van der Waals surface area contributed by atoms with Crippen molar-refractivity contribution in [2.24, 2.45) is 0 Å². The maximum atomic E-state index is 13.8. The highest BCUT2D eigenvalue weighted by atomic mass is 16.5. The maximum absolute atomic E-state index is 13.8. The van der Waals surface area contributed by atoms with Crippen LogP contribution in [0.1, 0.15) is 29.7 Å². The van der Waals surface area contributed by atoms with Crippen LogP contribution >= 0.6 is 0 Å². The Kier molecular flexibility index (Phi) is 5.68. The summed E-state index contributed by atoms with van der Waals surface area (Å²) in [5.41, 5.74) is 6.96. The number of aryl methyl sites for hydroxylation is 2. The Labute approximate surface area is 204 Å². The first-order chi connectivity index (χ1) is 16.9. The van der Waals surface area contributed by atoms with Gasteiger partial charge in [-0.2, -0.15) is 0 Å². The molecule has 0 aliphatic carbocycles. The molecule has 0 unspecified atom stereocenters. The van der Waals surface area contributed by atoms with Crippen LogP contribution in [0.5, 0.6) is 11.5 Å². The molecular weight excluding hydrogens is 440 g/mol. The van der Waals surface area contributed by atoms with Crippen LogP contribution in [-0.4, -0.2) is 29.7 Å². The Bertz CT molecular complexity index is 1490. The van der Waals surface area contributed by atoms with E-state index in [-0.39, 0.29) is 5.91 Å². The fourth-order valence-corrected chi connectivity index (χ4v) is 4.74. The molecule has 7 heteroatoms. The molecule has 2 N–H and O–H groups in total. The summed E-state index contributed by atoms with van der Waals surface area (Å²) >= 11 is 0. The molecule has 7 nitrogen and oxygen atoms in total. The number of carbonyl (C=O) groups is 1. The fourth-order valence-electron chi connectivity index (χ4n) is 4.74. The number of nitrogens with one attached hydrogen (secondary N) is 2. The third kappa shape index (κ3) is 3.89. The van der Waals surface area contributed by atoms with Gasteiger partial charge in [-0.3, -0.25) is 9.36 Å². The van der Waals surface area contributed by atoms with Crippen molar-refractivity contribution in [3.05, 3.63) is 88.6 Å². The van der Waals surface area contributed by atoms with Gasteiger partial charge in [0.25, 0.3) is 5.91 Å². The van der Waals surface area contributed by atoms with Gasteiger partial charge in [0.2, 0.25) is 5.95 Å². The molecule has 0 radical (unpaired) electrons. The van der Waals surface area contributed by atoms with Crippen LogP contribution in [0.25, 0.3) is 11.0 Å². The number of rotatable bonds is 5. The molecule has 35 heavy (non-hydrogen) atoms. The first kappa shape index (κ1) is 22.5. The summed E-state index contributed by atoms with van der Waals surface area (Å²) in [5, 5.41) is 6.49. The van der Waals surface area contributed by atoms with Crippen LogP contribution in [0.15, 0.2) is 71.9 Å². The van der Waals surface area contributed by atoms with Crippen molar-refractivity contribution < 1.29 is 14.3 Å². The van der Waals surface area contributed by atoms with E-state index in [0.29, 0.717) is 23.0 Å². The minimum absolute atomic E-state index is 0.176. The number of para-hydroxylation sites is 2. The molecular formula is C28H28N4O3. The van der Waals surface area contributed by atoms with Crippen LogP contribution in [0.2, 0.25) is 0 Å². The topological polar surface area (TPSA) is 77.4 Å². The molecule has 0 fully saturated rings. The normalized spacial score (nSPS) is 14.9. The van der Waals surface area contributed by atoms with E-state index in [2.05, 4.69) is 21.3 Å². The summed E-state index contributed by atoms with van der Waals surface area (Å²) in [5.74, 6) is 1.74. The molecule has 5 rings (SSSR count). The van der Waals surface area contributed by atoms with Crippen LogP contribution in [-0.2, 0) is 4.79 Å². The maximum Gasteiger partial charge on any atom is 0.255 e. The third-order valence-corrected chi connectivity index (χ3v) is 6.43. The SMILES string of the molecule is COc1ccc([C@@H]2C(C(=O)Nc3ccc(C)cc3C)=C(C)Nc3nc4ccccc4n32)cc1OC. The largest absolute Gasteiger partial charge is 0.493 e. The highest BCUT2D eigenvalue weighted by Gasteiger charge is 2.34. The van der Waals surface area contributed by atoms with Gasteiger partial charge in [-0.15, -0.1) is 0 Å². The molecule has 4 aromatic rings. The quantitative estimate of drug-likeness (QED) is 0.399. The number of allylic oxidation sites excluding steroid dienone is 1. The minimum Gasteiger partial charge on any atom is -0.493 e. The first-order valence-electron chi connectivity index (χ1n) is 11.5. The molecule has 1 aliphatic heterocycles. The number of nitrogens with zero attached hydrogens (tertiary/aromatic N) is 2. The van der Waals surface area contributed by atoms with Crippen molar-refractivity contribution in [2.45, 2.75) is 26.8 Å². The molecule has 1 atom stereocenters. The fraction of sp³-hybridized carbons (Fsp3) is 0.214. The number of methoxy groups -OCH3 is 2. The molecule has 0 spiro atoms. The second kappa shape index (κ2) is 8.83. The number of ether oxygens (including phenoxy) is 2. The van der Waals surface area contributed by atoms with E-state index in [0.717, 1.165) is 39.1 Å².